The Morgan fingerprint density at radius 2 is 2.06 bits per heavy atom. The molecule has 104 valence electrons. The predicted molar refractivity (Wildman–Crippen MR) is 77.7 cm³/mol. The maximum Gasteiger partial charge on any atom is 0.0766 e. The predicted octanol–water partition coefficient (Wildman–Crippen LogP) is 2.52. The van der Waals surface area contributed by atoms with Crippen molar-refractivity contribution in [3.63, 3.8) is 0 Å². The van der Waals surface area contributed by atoms with E-state index < -0.39 is 0 Å². The minimum absolute atomic E-state index is 0.00964. The van der Waals surface area contributed by atoms with E-state index in [-0.39, 0.29) is 12.1 Å². The van der Waals surface area contributed by atoms with E-state index in [9.17, 15) is 0 Å². The molecule has 1 atom stereocenters. The third-order valence-electron chi connectivity index (χ3n) is 2.79. The van der Waals surface area contributed by atoms with E-state index in [0.717, 1.165) is 29.6 Å². The van der Waals surface area contributed by atoms with E-state index in [1.807, 2.05) is 18.5 Å². The first kappa shape index (κ1) is 15.7. The maximum absolute atomic E-state index is 6.11. The first-order valence-corrected chi connectivity index (χ1v) is 7.40. The summed E-state index contributed by atoms with van der Waals surface area (Å²) in [5, 5.41) is 4.57. The van der Waals surface area contributed by atoms with Crippen molar-refractivity contribution in [3.8, 4) is 0 Å². The van der Waals surface area contributed by atoms with E-state index in [2.05, 4.69) is 34.9 Å². The molecule has 0 amide bonds. The number of hydrogen-bond acceptors (Lipinski definition) is 3. The van der Waals surface area contributed by atoms with Gasteiger partial charge < -0.3 is 10.5 Å². The summed E-state index contributed by atoms with van der Waals surface area (Å²) in [6, 6.07) is 0.00964. The SMILES string of the molecule is CCc1nn(CC)c(CC(N)COC(C)C)c1Br. The quantitative estimate of drug-likeness (QED) is 0.840. The molecule has 1 heterocycles. The van der Waals surface area contributed by atoms with Crippen LogP contribution < -0.4 is 5.73 Å². The summed E-state index contributed by atoms with van der Waals surface area (Å²) in [6.07, 6.45) is 1.94. The molecule has 5 heteroatoms. The van der Waals surface area contributed by atoms with Crippen LogP contribution in [-0.4, -0.2) is 28.5 Å². The normalized spacial score (nSPS) is 13.3. The summed E-state index contributed by atoms with van der Waals surface area (Å²) in [5.41, 5.74) is 8.39. The lowest BCUT2D eigenvalue weighted by Crippen LogP contribution is -2.31. The van der Waals surface area contributed by atoms with Gasteiger partial charge in [0.1, 0.15) is 0 Å². The Labute approximate surface area is 118 Å². The Morgan fingerprint density at radius 1 is 1.39 bits per heavy atom. The Balaban J connectivity index is 2.73. The lowest BCUT2D eigenvalue weighted by atomic mass is 10.1. The molecule has 0 aliphatic rings. The molecule has 0 saturated heterocycles. The van der Waals surface area contributed by atoms with Crippen molar-refractivity contribution in [2.75, 3.05) is 6.61 Å². The van der Waals surface area contributed by atoms with Gasteiger partial charge in [-0.15, -0.1) is 0 Å². The second-order valence-electron chi connectivity index (χ2n) is 4.72. The van der Waals surface area contributed by atoms with Gasteiger partial charge in [0.2, 0.25) is 0 Å². The Morgan fingerprint density at radius 3 is 2.56 bits per heavy atom. The molecule has 0 aliphatic carbocycles. The molecule has 4 nitrogen and oxygen atoms in total. The average molecular weight is 318 g/mol. The van der Waals surface area contributed by atoms with Crippen LogP contribution in [0.4, 0.5) is 0 Å². The molecule has 18 heavy (non-hydrogen) atoms. The van der Waals surface area contributed by atoms with Gasteiger partial charge >= 0.3 is 0 Å². The van der Waals surface area contributed by atoms with Gasteiger partial charge in [-0.25, -0.2) is 0 Å². The summed E-state index contributed by atoms with van der Waals surface area (Å²) in [4.78, 5) is 0. The van der Waals surface area contributed by atoms with Crippen molar-refractivity contribution < 1.29 is 4.74 Å². The summed E-state index contributed by atoms with van der Waals surface area (Å²) < 4.78 is 8.68. The molecular weight excluding hydrogens is 294 g/mol. The number of ether oxygens (including phenoxy) is 1. The summed E-state index contributed by atoms with van der Waals surface area (Å²) >= 11 is 3.63. The van der Waals surface area contributed by atoms with Crippen LogP contribution in [0.2, 0.25) is 0 Å². The van der Waals surface area contributed by atoms with Crippen molar-refractivity contribution in [2.24, 2.45) is 5.73 Å². The smallest absolute Gasteiger partial charge is 0.0766 e. The Kier molecular flexibility index (Phi) is 6.32. The monoisotopic (exact) mass is 317 g/mol. The molecule has 0 aromatic carbocycles. The van der Waals surface area contributed by atoms with Crippen LogP contribution in [0.3, 0.4) is 0 Å². The highest BCUT2D eigenvalue weighted by Gasteiger charge is 2.16. The first-order valence-electron chi connectivity index (χ1n) is 6.60. The van der Waals surface area contributed by atoms with Gasteiger partial charge in [0, 0.05) is 19.0 Å². The largest absolute Gasteiger partial charge is 0.377 e. The van der Waals surface area contributed by atoms with Gasteiger partial charge in [0.15, 0.2) is 0 Å². The molecule has 1 unspecified atom stereocenters. The van der Waals surface area contributed by atoms with E-state index in [4.69, 9.17) is 10.5 Å². The zero-order valence-corrected chi connectivity index (χ0v) is 13.3. The fraction of sp³-hybridized carbons (Fsp3) is 0.769. The van der Waals surface area contributed by atoms with Gasteiger partial charge in [-0.1, -0.05) is 6.92 Å². The number of rotatable bonds is 7. The average Bonchev–Trinajstić information content (AvgIpc) is 2.63. The van der Waals surface area contributed by atoms with Crippen molar-refractivity contribution in [3.05, 3.63) is 15.9 Å². The zero-order chi connectivity index (χ0) is 13.7. The fourth-order valence-electron chi connectivity index (χ4n) is 1.84. The Bertz CT molecular complexity index is 377. The van der Waals surface area contributed by atoms with Crippen LogP contribution in [0.1, 0.15) is 39.1 Å². The molecule has 1 aromatic heterocycles. The highest BCUT2D eigenvalue weighted by atomic mass is 79.9. The number of hydrogen-bond donors (Lipinski definition) is 1. The fourth-order valence-corrected chi connectivity index (χ4v) is 2.56. The molecule has 0 aliphatic heterocycles. The minimum Gasteiger partial charge on any atom is -0.377 e. The third-order valence-corrected chi connectivity index (χ3v) is 3.71. The standard InChI is InChI=1S/C13H24BrN3O/c1-5-11-13(14)12(17(6-2)16-11)7-10(15)8-18-9(3)4/h9-10H,5-8,15H2,1-4H3. The van der Waals surface area contributed by atoms with Crippen LogP contribution in [0, 0.1) is 0 Å². The van der Waals surface area contributed by atoms with Crippen molar-refractivity contribution >= 4 is 15.9 Å². The van der Waals surface area contributed by atoms with Crippen molar-refractivity contribution in [1.82, 2.24) is 9.78 Å². The maximum atomic E-state index is 6.11. The first-order chi connectivity index (χ1) is 8.49. The van der Waals surface area contributed by atoms with Crippen LogP contribution in [0.25, 0.3) is 0 Å². The summed E-state index contributed by atoms with van der Waals surface area (Å²) in [5.74, 6) is 0. The van der Waals surface area contributed by atoms with Crippen molar-refractivity contribution in [2.45, 2.75) is 59.2 Å². The number of aryl methyl sites for hydroxylation is 2. The number of aromatic nitrogens is 2. The molecule has 0 saturated carbocycles. The van der Waals surface area contributed by atoms with Crippen molar-refractivity contribution in [1.29, 1.82) is 0 Å². The van der Waals surface area contributed by atoms with Crippen LogP contribution >= 0.6 is 15.9 Å². The van der Waals surface area contributed by atoms with E-state index in [1.165, 1.54) is 5.69 Å². The van der Waals surface area contributed by atoms with Gasteiger partial charge in [0.05, 0.1) is 28.6 Å². The van der Waals surface area contributed by atoms with E-state index in [0.29, 0.717) is 6.61 Å². The third kappa shape index (κ3) is 4.07. The van der Waals surface area contributed by atoms with Gasteiger partial charge in [-0.2, -0.15) is 5.10 Å². The van der Waals surface area contributed by atoms with E-state index >= 15 is 0 Å². The second kappa shape index (κ2) is 7.26. The number of nitrogens with zero attached hydrogens (tertiary/aromatic N) is 2. The zero-order valence-electron chi connectivity index (χ0n) is 11.7. The molecule has 0 spiro atoms. The minimum atomic E-state index is 0.00964. The van der Waals surface area contributed by atoms with Crippen LogP contribution in [0.15, 0.2) is 4.47 Å². The molecule has 2 N–H and O–H groups in total. The highest BCUT2D eigenvalue weighted by molar-refractivity contribution is 9.10. The van der Waals surface area contributed by atoms with Gasteiger partial charge in [0.25, 0.3) is 0 Å². The lowest BCUT2D eigenvalue weighted by Gasteiger charge is -2.15. The molecule has 0 fully saturated rings. The van der Waals surface area contributed by atoms with Gasteiger partial charge in [-0.05, 0) is 43.1 Å². The number of halogens is 1. The summed E-state index contributed by atoms with van der Waals surface area (Å²) in [7, 11) is 0. The molecule has 1 aromatic rings. The van der Waals surface area contributed by atoms with Gasteiger partial charge in [-0.3, -0.25) is 4.68 Å². The Hall–Kier alpha value is -0.390. The van der Waals surface area contributed by atoms with Crippen LogP contribution in [-0.2, 0) is 24.1 Å². The lowest BCUT2D eigenvalue weighted by molar-refractivity contribution is 0.0680. The topological polar surface area (TPSA) is 53.1 Å². The summed E-state index contributed by atoms with van der Waals surface area (Å²) in [6.45, 7) is 9.70. The molecular formula is C13H24BrN3O. The van der Waals surface area contributed by atoms with E-state index in [1.54, 1.807) is 0 Å². The molecule has 0 radical (unpaired) electrons. The molecule has 0 bridgehead atoms. The molecule has 1 rings (SSSR count). The second-order valence-corrected chi connectivity index (χ2v) is 5.52. The number of nitrogens with two attached hydrogens (primary N) is 1. The highest BCUT2D eigenvalue weighted by Crippen LogP contribution is 2.23. The van der Waals surface area contributed by atoms with Crippen LogP contribution in [0.5, 0.6) is 0 Å².